The summed E-state index contributed by atoms with van der Waals surface area (Å²) in [6.07, 6.45) is 0. The molecule has 65 heavy (non-hydrogen) atoms. The number of benzene rings is 10. The molecule has 0 amide bonds. The molecule has 7 heteroatoms. The van der Waals surface area contributed by atoms with Crippen molar-refractivity contribution in [1.82, 2.24) is 0 Å². The maximum Gasteiger partial charge on any atom is 0.193 e. The van der Waals surface area contributed by atoms with E-state index in [1.165, 1.54) is 0 Å². The summed E-state index contributed by atoms with van der Waals surface area (Å²) in [5.74, 6) is 0. The first-order valence-electron chi connectivity index (χ1n) is 21.1. The number of hydrogen-bond acceptors (Lipinski definition) is 7. The third kappa shape index (κ3) is 8.16. The van der Waals surface area contributed by atoms with Crippen LogP contribution >= 0.6 is 11.3 Å². The largest absolute Gasteiger partial charge is 0.457 e. The molecule has 0 unspecified atom stereocenters. The molecule has 0 aliphatic carbocycles. The summed E-state index contributed by atoms with van der Waals surface area (Å²) in [4.78, 5) is 27.4. The van der Waals surface area contributed by atoms with E-state index in [2.05, 4.69) is 24.3 Å². The van der Waals surface area contributed by atoms with Crippen molar-refractivity contribution in [3.63, 3.8) is 0 Å². The van der Waals surface area contributed by atoms with Crippen LogP contribution in [0.3, 0.4) is 0 Å². The molecule has 0 saturated carbocycles. The third-order valence-corrected chi connectivity index (χ3v) is 12.3. The maximum atomic E-state index is 13.7. The molecule has 17 aromatic rings. The normalized spacial score (nSPS) is 11.2. The van der Waals surface area contributed by atoms with Gasteiger partial charge in [0.2, 0.25) is 0 Å². The molecule has 12 bridgehead atoms. The average Bonchev–Trinajstić information content (AvgIpc) is 3.35. The fraction of sp³-hybridized carbons (Fsp3) is 0. The number of hydrogen-bond donors (Lipinski definition) is 0. The highest BCUT2D eigenvalue weighted by Crippen LogP contribution is 2.35. The summed E-state index contributed by atoms with van der Waals surface area (Å²) in [7, 11) is 0. The summed E-state index contributed by atoms with van der Waals surface area (Å²) in [6.45, 7) is 0. The Morgan fingerprint density at radius 2 is 0.538 bits per heavy atom. The van der Waals surface area contributed by atoms with Gasteiger partial charge in [0.05, 0.1) is 0 Å². The van der Waals surface area contributed by atoms with Gasteiger partial charge in [-0.1, -0.05) is 60.7 Å². The Hall–Kier alpha value is -8.52. The Balaban J connectivity index is 1.17. The minimum Gasteiger partial charge on any atom is -0.457 e. The van der Waals surface area contributed by atoms with Crippen molar-refractivity contribution in [3.8, 4) is 0 Å². The van der Waals surface area contributed by atoms with E-state index < -0.39 is 0 Å². The first-order chi connectivity index (χ1) is 32.0. The highest BCUT2D eigenvalue weighted by Gasteiger charge is 2.10. The van der Waals surface area contributed by atoms with Crippen molar-refractivity contribution in [2.24, 2.45) is 0 Å². The van der Waals surface area contributed by atoms with E-state index in [-0.39, 0.29) is 10.9 Å². The smallest absolute Gasteiger partial charge is 0.193 e. The first-order valence-corrected chi connectivity index (χ1v) is 21.9. The first kappa shape index (κ1) is 39.3. The quantitative estimate of drug-likeness (QED) is 0.151. The Bertz CT molecular complexity index is 3810. The molecule has 0 N–H and O–H groups in total. The molecule has 6 nitrogen and oxygen atoms in total. The Kier molecular flexibility index (Phi) is 10.3. The summed E-state index contributed by atoms with van der Waals surface area (Å²) in [5, 5.41) is 7.90. The summed E-state index contributed by atoms with van der Waals surface area (Å²) < 4.78 is 27.9. The highest BCUT2D eigenvalue weighted by atomic mass is 32.1. The van der Waals surface area contributed by atoms with Gasteiger partial charge in [-0.3, -0.25) is 9.59 Å². The molecular weight excluding hydrogens is 825 g/mol. The lowest BCUT2D eigenvalue weighted by atomic mass is 9.99. The molecule has 7 aromatic heterocycles. The lowest BCUT2D eigenvalue weighted by Crippen LogP contribution is -1.97. The average molecular weight is 861 g/mol. The molecule has 0 aliphatic heterocycles. The van der Waals surface area contributed by atoms with Crippen LogP contribution in [0.2, 0.25) is 0 Å². The second-order valence-corrected chi connectivity index (χ2v) is 16.7. The van der Waals surface area contributed by atoms with E-state index in [4.69, 9.17) is 17.7 Å². The van der Waals surface area contributed by atoms with Gasteiger partial charge in [0, 0.05) is 41.7 Å². The Morgan fingerprint density at radius 3 is 0.877 bits per heavy atom. The molecule has 17 rings (SSSR count). The van der Waals surface area contributed by atoms with E-state index in [0.717, 1.165) is 41.7 Å². The standard InChI is InChI=1S/C58H36O6S/c59-57-39-9-19-43(20-10-39)61-45-27-31-49(32-28-45)65-50-33-29-46(30-34-50)62-44-21-11-40(12-22-44)58(60)42-15-25-48(26-16-42)64-54-36-18-38-6-2-4-8-52(38)56(54)55-51-7-3-1-5-37(51)17-35-53(55)63-47-23-13-41(57)14-24-47/h1-36H. The van der Waals surface area contributed by atoms with E-state index >= 15 is 0 Å². The Labute approximate surface area is 374 Å². The molecule has 7 heterocycles. The van der Waals surface area contributed by atoms with Gasteiger partial charge < -0.3 is 17.7 Å². The van der Waals surface area contributed by atoms with Gasteiger partial charge in [0.15, 0.2) is 10.9 Å². The lowest BCUT2D eigenvalue weighted by Gasteiger charge is -2.07. The van der Waals surface area contributed by atoms with Crippen LogP contribution < -0.4 is 10.9 Å². The predicted octanol–water partition coefficient (Wildman–Crippen LogP) is 16.0. The van der Waals surface area contributed by atoms with Crippen LogP contribution in [0, 0.1) is 0 Å². The van der Waals surface area contributed by atoms with Crippen molar-refractivity contribution < 1.29 is 17.7 Å². The summed E-state index contributed by atoms with van der Waals surface area (Å²) in [6, 6.07) is 69.0. The second-order valence-electron chi connectivity index (χ2n) is 15.5. The van der Waals surface area contributed by atoms with Gasteiger partial charge in [-0.15, -0.1) is 11.3 Å². The molecule has 0 aliphatic rings. The predicted molar refractivity (Wildman–Crippen MR) is 269 cm³/mol. The third-order valence-electron chi connectivity index (χ3n) is 11.3. The highest BCUT2D eigenvalue weighted by molar-refractivity contribution is 7.22. The van der Waals surface area contributed by atoms with Gasteiger partial charge in [-0.05, 0) is 179 Å². The van der Waals surface area contributed by atoms with Crippen LogP contribution in [-0.2, 0) is 0 Å². The van der Waals surface area contributed by atoms with Crippen LogP contribution in [0.4, 0.5) is 0 Å². The van der Waals surface area contributed by atoms with Gasteiger partial charge in [0.1, 0.15) is 44.7 Å². The summed E-state index contributed by atoms with van der Waals surface area (Å²) in [5.41, 5.74) is 4.77. The van der Waals surface area contributed by atoms with Gasteiger partial charge >= 0.3 is 0 Å². The number of rotatable bonds is 0. The summed E-state index contributed by atoms with van der Waals surface area (Å²) >= 11 is 1.63. The van der Waals surface area contributed by atoms with Gasteiger partial charge in [0.25, 0.3) is 0 Å². The minimum atomic E-state index is -0.115. The topological polar surface area (TPSA) is 86.7 Å². The zero-order valence-electron chi connectivity index (χ0n) is 34.6. The monoisotopic (exact) mass is 860 g/mol. The SMILES string of the molecule is O=c1c2ccc(cc2)oc2ccc(cc2)sc2ccc(cc2)oc2ccc(cc2)c(=O)c2ccc(cc2)oc2ccc3ccccc3c2c2c(ccc3ccccc32)oc2ccc1cc2. The molecule has 0 spiro atoms. The molecular formula is C58H36O6S. The maximum absolute atomic E-state index is 13.7. The molecule has 0 saturated heterocycles. The van der Waals surface area contributed by atoms with E-state index in [0.29, 0.717) is 66.2 Å². The second kappa shape index (κ2) is 17.0. The molecule has 310 valence electrons. The number of fused-ring (bicyclic) bond motifs is 8. The fourth-order valence-electron chi connectivity index (χ4n) is 8.03. The van der Waals surface area contributed by atoms with Gasteiger partial charge in [-0.25, -0.2) is 0 Å². The van der Waals surface area contributed by atoms with Crippen molar-refractivity contribution in [2.75, 3.05) is 0 Å². The van der Waals surface area contributed by atoms with Crippen LogP contribution in [0.5, 0.6) is 0 Å². The zero-order valence-corrected chi connectivity index (χ0v) is 35.5. The molecule has 10 aromatic carbocycles. The molecule has 0 atom stereocenters. The van der Waals surface area contributed by atoms with Crippen molar-refractivity contribution in [3.05, 3.63) is 239 Å². The van der Waals surface area contributed by atoms with Gasteiger partial charge in [-0.2, -0.15) is 0 Å². The van der Waals surface area contributed by atoms with Crippen LogP contribution in [0.25, 0.3) is 108 Å². The van der Waals surface area contributed by atoms with Crippen LogP contribution in [-0.4, -0.2) is 0 Å². The molecule has 0 fully saturated rings. The van der Waals surface area contributed by atoms with E-state index in [9.17, 15) is 9.59 Å². The lowest BCUT2D eigenvalue weighted by molar-refractivity contribution is 0.655. The zero-order chi connectivity index (χ0) is 43.7. The van der Waals surface area contributed by atoms with Crippen molar-refractivity contribution in [2.45, 2.75) is 0 Å². The van der Waals surface area contributed by atoms with Crippen molar-refractivity contribution in [1.29, 1.82) is 0 Å². The van der Waals surface area contributed by atoms with Crippen molar-refractivity contribution >= 4 is 119 Å². The van der Waals surface area contributed by atoms with Crippen LogP contribution in [0.1, 0.15) is 0 Å². The Morgan fingerprint density at radius 1 is 0.262 bits per heavy atom. The minimum absolute atomic E-state index is 0.115. The van der Waals surface area contributed by atoms with E-state index in [1.807, 2.05) is 121 Å². The molecule has 0 radical (unpaired) electrons. The van der Waals surface area contributed by atoms with E-state index in [1.54, 1.807) is 84.1 Å². The van der Waals surface area contributed by atoms with Crippen LogP contribution in [0.15, 0.2) is 246 Å². The fourth-order valence-corrected chi connectivity index (χ4v) is 8.85.